The number of benzene rings is 1. The fourth-order valence-electron chi connectivity index (χ4n) is 3.44. The number of hydrogen-bond donors (Lipinski definition) is 1. The molecule has 0 saturated carbocycles. The second-order valence-corrected chi connectivity index (χ2v) is 6.27. The van der Waals surface area contributed by atoms with Gasteiger partial charge in [-0.15, -0.1) is 0 Å². The Labute approximate surface area is 137 Å². The number of ether oxygens (including phenoxy) is 1. The van der Waals surface area contributed by atoms with Crippen molar-refractivity contribution in [2.45, 2.75) is 25.0 Å². The first kappa shape index (κ1) is 14.8. The molecule has 2 aliphatic heterocycles. The summed E-state index contributed by atoms with van der Waals surface area (Å²) in [5.41, 5.74) is 0.407. The first-order valence-corrected chi connectivity index (χ1v) is 7.89. The molecule has 24 heavy (non-hydrogen) atoms. The van der Waals surface area contributed by atoms with Crippen LogP contribution in [0.1, 0.15) is 12.8 Å². The lowest BCUT2D eigenvalue weighted by Crippen LogP contribution is -2.53. The minimum atomic E-state index is -0.644. The first-order valence-electron chi connectivity index (χ1n) is 7.89. The minimum absolute atomic E-state index is 0.0900. The summed E-state index contributed by atoms with van der Waals surface area (Å²) in [6, 6.07) is 7.00. The largest absolute Gasteiger partial charge is 0.439 e. The van der Waals surface area contributed by atoms with E-state index in [4.69, 9.17) is 9.15 Å². The van der Waals surface area contributed by atoms with E-state index in [-0.39, 0.29) is 12.5 Å². The fraction of sp³-hybridized carbons (Fsp3) is 0.438. The van der Waals surface area contributed by atoms with E-state index in [9.17, 15) is 14.4 Å². The van der Waals surface area contributed by atoms with Gasteiger partial charge >= 0.3 is 11.8 Å². The fourth-order valence-corrected chi connectivity index (χ4v) is 3.44. The molecule has 2 saturated heterocycles. The summed E-state index contributed by atoms with van der Waals surface area (Å²) < 4.78 is 11.9. The maximum atomic E-state index is 12.6. The molecule has 4 rings (SSSR count). The minimum Gasteiger partial charge on any atom is -0.439 e. The third kappa shape index (κ3) is 2.44. The van der Waals surface area contributed by atoms with Crippen molar-refractivity contribution in [3.8, 4) is 0 Å². The lowest BCUT2D eigenvalue weighted by Gasteiger charge is -2.38. The van der Waals surface area contributed by atoms with Gasteiger partial charge in [0.25, 0.3) is 0 Å². The maximum Gasteiger partial charge on any atom is 0.420 e. The highest BCUT2D eigenvalue weighted by molar-refractivity contribution is 5.80. The highest BCUT2D eigenvalue weighted by Crippen LogP contribution is 2.28. The quantitative estimate of drug-likeness (QED) is 0.874. The molecule has 1 N–H and O–H groups in total. The predicted molar refractivity (Wildman–Crippen MR) is 83.5 cm³/mol. The topological polar surface area (TPSA) is 93.8 Å². The van der Waals surface area contributed by atoms with Gasteiger partial charge in [0.1, 0.15) is 12.1 Å². The van der Waals surface area contributed by atoms with Gasteiger partial charge in [-0.05, 0) is 25.0 Å². The van der Waals surface area contributed by atoms with Gasteiger partial charge in [-0.2, -0.15) is 0 Å². The van der Waals surface area contributed by atoms with Gasteiger partial charge in [0.15, 0.2) is 5.58 Å². The molecule has 1 atom stereocenters. The molecule has 2 fully saturated rings. The van der Waals surface area contributed by atoms with Crippen molar-refractivity contribution in [3.63, 3.8) is 0 Å². The van der Waals surface area contributed by atoms with Crippen LogP contribution in [0.5, 0.6) is 0 Å². The Morgan fingerprint density at radius 2 is 2.12 bits per heavy atom. The highest BCUT2D eigenvalue weighted by atomic mass is 16.6. The molecule has 0 bridgehead atoms. The number of piperidine rings is 1. The molecule has 1 spiro atoms. The number of alkyl carbamates (subject to hydrolysis) is 1. The number of amides is 2. The molecule has 2 amide bonds. The number of hydrogen-bond acceptors (Lipinski definition) is 5. The standard InChI is InChI=1S/C16H17N3O5/c20-13(8-19-11-4-1-2-5-12(11)23-15(19)22)18-7-3-6-16(10-18)9-17-14(21)24-16/h1-2,4-5H,3,6-10H2,(H,17,21). The zero-order chi connectivity index (χ0) is 16.7. The Kier molecular flexibility index (Phi) is 3.33. The van der Waals surface area contributed by atoms with Crippen molar-refractivity contribution < 1.29 is 18.7 Å². The van der Waals surface area contributed by atoms with Crippen LogP contribution >= 0.6 is 0 Å². The van der Waals surface area contributed by atoms with Gasteiger partial charge in [-0.3, -0.25) is 9.36 Å². The summed E-state index contributed by atoms with van der Waals surface area (Å²) in [6.45, 7) is 1.25. The van der Waals surface area contributed by atoms with Gasteiger partial charge in [0.2, 0.25) is 5.91 Å². The average molecular weight is 331 g/mol. The van der Waals surface area contributed by atoms with E-state index in [1.54, 1.807) is 29.2 Å². The smallest absolute Gasteiger partial charge is 0.420 e. The Balaban J connectivity index is 1.54. The van der Waals surface area contributed by atoms with Crippen LogP contribution in [0.15, 0.2) is 33.5 Å². The zero-order valence-corrected chi connectivity index (χ0v) is 13.0. The summed E-state index contributed by atoms with van der Waals surface area (Å²) >= 11 is 0. The molecule has 3 heterocycles. The molecule has 8 heteroatoms. The maximum absolute atomic E-state index is 12.6. The predicted octanol–water partition coefficient (Wildman–Crippen LogP) is 0.695. The molecule has 0 aliphatic carbocycles. The zero-order valence-electron chi connectivity index (χ0n) is 13.0. The van der Waals surface area contributed by atoms with E-state index in [0.29, 0.717) is 30.7 Å². The molecule has 1 unspecified atom stereocenters. The van der Waals surface area contributed by atoms with Crippen LogP contribution in [0.25, 0.3) is 11.1 Å². The number of oxazole rings is 1. The Hall–Kier alpha value is -2.77. The summed E-state index contributed by atoms with van der Waals surface area (Å²) in [5, 5.41) is 2.65. The monoisotopic (exact) mass is 331 g/mol. The Bertz CT molecular complexity index is 870. The summed E-state index contributed by atoms with van der Waals surface area (Å²) in [5.74, 6) is -0.740. The molecule has 126 valence electrons. The SMILES string of the molecule is O=C1NCC2(CCCN(C(=O)Cn3c(=O)oc4ccccc43)C2)O1. The molecule has 1 aromatic heterocycles. The number of fused-ring (bicyclic) bond motifs is 1. The third-order valence-electron chi connectivity index (χ3n) is 4.62. The van der Waals surface area contributed by atoms with Crippen molar-refractivity contribution in [2.24, 2.45) is 0 Å². The van der Waals surface area contributed by atoms with E-state index < -0.39 is 17.5 Å². The molecular weight excluding hydrogens is 314 g/mol. The van der Waals surface area contributed by atoms with Crippen molar-refractivity contribution in [3.05, 3.63) is 34.8 Å². The van der Waals surface area contributed by atoms with Crippen molar-refractivity contribution >= 4 is 23.1 Å². The summed E-state index contributed by atoms with van der Waals surface area (Å²) in [7, 11) is 0. The van der Waals surface area contributed by atoms with E-state index in [1.165, 1.54) is 4.57 Å². The van der Waals surface area contributed by atoms with Gasteiger partial charge in [-0.25, -0.2) is 9.59 Å². The number of likely N-dealkylation sites (tertiary alicyclic amines) is 1. The van der Waals surface area contributed by atoms with Crippen LogP contribution in [0.4, 0.5) is 4.79 Å². The van der Waals surface area contributed by atoms with Crippen LogP contribution in [0.3, 0.4) is 0 Å². The lowest BCUT2D eigenvalue weighted by atomic mass is 9.93. The second-order valence-electron chi connectivity index (χ2n) is 6.27. The third-order valence-corrected chi connectivity index (χ3v) is 4.62. The van der Waals surface area contributed by atoms with Crippen molar-refractivity contribution in [1.82, 2.24) is 14.8 Å². The lowest BCUT2D eigenvalue weighted by molar-refractivity contribution is -0.137. The van der Waals surface area contributed by atoms with Gasteiger partial charge in [0, 0.05) is 6.54 Å². The van der Waals surface area contributed by atoms with Crippen LogP contribution in [0.2, 0.25) is 0 Å². The molecule has 2 aliphatic rings. The van der Waals surface area contributed by atoms with Crippen molar-refractivity contribution in [1.29, 1.82) is 0 Å². The average Bonchev–Trinajstić information content (AvgIpc) is 3.08. The van der Waals surface area contributed by atoms with Gasteiger partial charge < -0.3 is 19.4 Å². The van der Waals surface area contributed by atoms with Gasteiger partial charge in [0.05, 0.1) is 18.6 Å². The molecule has 8 nitrogen and oxygen atoms in total. The van der Waals surface area contributed by atoms with E-state index in [1.807, 2.05) is 0 Å². The Morgan fingerprint density at radius 1 is 1.29 bits per heavy atom. The number of carbonyl (C=O) groups excluding carboxylic acids is 2. The van der Waals surface area contributed by atoms with E-state index in [0.717, 1.165) is 12.8 Å². The number of rotatable bonds is 2. The van der Waals surface area contributed by atoms with Crippen LogP contribution in [0, 0.1) is 0 Å². The summed E-state index contributed by atoms with van der Waals surface area (Å²) in [4.78, 5) is 37.6. The molecule has 1 aromatic carbocycles. The number of para-hydroxylation sites is 2. The number of nitrogens with zero attached hydrogens (tertiary/aromatic N) is 2. The summed E-state index contributed by atoms with van der Waals surface area (Å²) in [6.07, 6.45) is 1.03. The molecule has 2 aromatic rings. The van der Waals surface area contributed by atoms with Crippen LogP contribution in [-0.4, -0.2) is 46.7 Å². The Morgan fingerprint density at radius 3 is 2.92 bits per heavy atom. The van der Waals surface area contributed by atoms with E-state index >= 15 is 0 Å². The second kappa shape index (κ2) is 5.40. The number of carbonyl (C=O) groups is 2. The normalized spacial score (nSPS) is 23.5. The molecule has 0 radical (unpaired) electrons. The molecular formula is C16H17N3O5. The first-order chi connectivity index (χ1) is 11.6. The van der Waals surface area contributed by atoms with E-state index in [2.05, 4.69) is 5.32 Å². The number of nitrogens with one attached hydrogen (secondary N) is 1. The van der Waals surface area contributed by atoms with Crippen molar-refractivity contribution in [2.75, 3.05) is 19.6 Å². The van der Waals surface area contributed by atoms with Crippen LogP contribution < -0.4 is 11.1 Å². The number of aromatic nitrogens is 1. The highest BCUT2D eigenvalue weighted by Gasteiger charge is 2.44. The van der Waals surface area contributed by atoms with Gasteiger partial charge in [-0.1, -0.05) is 12.1 Å². The van der Waals surface area contributed by atoms with Crippen LogP contribution in [-0.2, 0) is 16.1 Å².